The topological polar surface area (TPSA) is 62.3 Å². The molecule has 0 bridgehead atoms. The zero-order valence-electron chi connectivity index (χ0n) is 16.3. The largest absolute Gasteiger partial charge is 0.384 e. The van der Waals surface area contributed by atoms with Crippen LogP contribution < -0.4 is 15.5 Å². The Labute approximate surface area is 161 Å². The number of aromatic nitrogens is 2. The fourth-order valence-electron chi connectivity index (χ4n) is 4.07. The summed E-state index contributed by atoms with van der Waals surface area (Å²) in [5, 5.41) is 6.85. The maximum absolute atomic E-state index is 5.42. The van der Waals surface area contributed by atoms with Crippen LogP contribution in [0.4, 0.5) is 23.1 Å². The number of ether oxygens (including phenoxy) is 1. The van der Waals surface area contributed by atoms with E-state index in [1.54, 1.807) is 7.11 Å². The molecule has 1 fully saturated rings. The molecule has 1 aromatic carbocycles. The van der Waals surface area contributed by atoms with Crippen LogP contribution in [-0.4, -0.2) is 42.8 Å². The molecule has 1 saturated heterocycles. The van der Waals surface area contributed by atoms with E-state index < -0.39 is 0 Å². The summed E-state index contributed by atoms with van der Waals surface area (Å²) in [5.74, 6) is 1.69. The van der Waals surface area contributed by atoms with E-state index >= 15 is 0 Å². The number of aryl methyl sites for hydroxylation is 1. The molecule has 0 radical (unpaired) electrons. The van der Waals surface area contributed by atoms with Crippen molar-refractivity contribution in [1.82, 2.24) is 9.97 Å². The fourth-order valence-corrected chi connectivity index (χ4v) is 4.07. The number of hydrogen-bond acceptors (Lipinski definition) is 6. The maximum Gasteiger partial charge on any atom is 0.229 e. The lowest BCUT2D eigenvalue weighted by Crippen LogP contribution is -2.33. The van der Waals surface area contributed by atoms with Gasteiger partial charge in [-0.2, -0.15) is 4.98 Å². The van der Waals surface area contributed by atoms with Crippen molar-refractivity contribution in [2.24, 2.45) is 0 Å². The standard InChI is InChI=1S/C21H29N5O/c1-3-5-16-13-20(26-11-4-6-18(26)14-27-2)25-21(23-16)24-17-8-7-15-9-10-22-19(15)12-17/h7-8,12-13,18,22H,3-6,9-11,14H2,1-2H3,(H,23,24,25). The highest BCUT2D eigenvalue weighted by Gasteiger charge is 2.26. The van der Waals surface area contributed by atoms with Gasteiger partial charge in [0.25, 0.3) is 0 Å². The predicted molar refractivity (Wildman–Crippen MR) is 110 cm³/mol. The van der Waals surface area contributed by atoms with Crippen LogP contribution in [0.3, 0.4) is 0 Å². The van der Waals surface area contributed by atoms with Crippen molar-refractivity contribution in [1.29, 1.82) is 0 Å². The van der Waals surface area contributed by atoms with Crippen LogP contribution in [0.25, 0.3) is 0 Å². The Hall–Kier alpha value is -2.34. The van der Waals surface area contributed by atoms with Crippen molar-refractivity contribution in [3.8, 4) is 0 Å². The van der Waals surface area contributed by atoms with Crippen molar-refractivity contribution in [3.63, 3.8) is 0 Å². The molecule has 6 heteroatoms. The number of fused-ring (bicyclic) bond motifs is 1. The first-order valence-corrected chi connectivity index (χ1v) is 10.0. The number of anilines is 4. The Morgan fingerprint density at radius 3 is 3.07 bits per heavy atom. The normalized spacial score (nSPS) is 18.4. The van der Waals surface area contributed by atoms with Gasteiger partial charge in [-0.25, -0.2) is 4.98 Å². The number of nitrogens with one attached hydrogen (secondary N) is 2. The first kappa shape index (κ1) is 18.0. The summed E-state index contributed by atoms with van der Waals surface area (Å²) in [4.78, 5) is 12.0. The van der Waals surface area contributed by atoms with E-state index in [2.05, 4.69) is 46.7 Å². The molecule has 1 aromatic heterocycles. The van der Waals surface area contributed by atoms with E-state index in [0.717, 1.165) is 62.6 Å². The van der Waals surface area contributed by atoms with Crippen LogP contribution in [0.15, 0.2) is 24.3 Å². The van der Waals surface area contributed by atoms with Crippen molar-refractivity contribution < 1.29 is 4.74 Å². The first-order chi connectivity index (χ1) is 13.3. The molecular weight excluding hydrogens is 338 g/mol. The Morgan fingerprint density at radius 2 is 2.22 bits per heavy atom. The minimum atomic E-state index is 0.399. The number of hydrogen-bond donors (Lipinski definition) is 2. The van der Waals surface area contributed by atoms with E-state index in [1.807, 2.05) is 0 Å². The molecule has 2 N–H and O–H groups in total. The quantitative estimate of drug-likeness (QED) is 0.777. The van der Waals surface area contributed by atoms with Crippen molar-refractivity contribution >= 4 is 23.1 Å². The van der Waals surface area contributed by atoms with Crippen LogP contribution in [0.1, 0.15) is 37.4 Å². The Morgan fingerprint density at radius 1 is 1.30 bits per heavy atom. The summed E-state index contributed by atoms with van der Waals surface area (Å²) in [6.07, 6.45) is 5.46. The summed E-state index contributed by atoms with van der Waals surface area (Å²) >= 11 is 0. The minimum Gasteiger partial charge on any atom is -0.384 e. The van der Waals surface area contributed by atoms with E-state index in [4.69, 9.17) is 14.7 Å². The zero-order valence-corrected chi connectivity index (χ0v) is 16.3. The lowest BCUT2D eigenvalue weighted by Gasteiger charge is -2.26. The van der Waals surface area contributed by atoms with Crippen molar-refractivity contribution in [2.75, 3.05) is 42.3 Å². The van der Waals surface area contributed by atoms with E-state index in [-0.39, 0.29) is 0 Å². The molecule has 3 heterocycles. The van der Waals surface area contributed by atoms with Gasteiger partial charge in [-0.15, -0.1) is 0 Å². The molecule has 2 aromatic rings. The minimum absolute atomic E-state index is 0.399. The highest BCUT2D eigenvalue weighted by Crippen LogP contribution is 2.29. The molecular formula is C21H29N5O. The fraction of sp³-hybridized carbons (Fsp3) is 0.524. The summed E-state index contributed by atoms with van der Waals surface area (Å²) in [5.41, 5.74) is 4.70. The van der Waals surface area contributed by atoms with Gasteiger partial charge in [0.1, 0.15) is 5.82 Å². The number of methoxy groups -OCH3 is 1. The Kier molecular flexibility index (Phi) is 5.43. The van der Waals surface area contributed by atoms with Gasteiger partial charge in [0, 0.05) is 43.3 Å². The van der Waals surface area contributed by atoms with Gasteiger partial charge >= 0.3 is 0 Å². The van der Waals surface area contributed by atoms with E-state index in [0.29, 0.717) is 12.0 Å². The third-order valence-electron chi connectivity index (χ3n) is 5.38. The van der Waals surface area contributed by atoms with Crippen LogP contribution >= 0.6 is 0 Å². The van der Waals surface area contributed by atoms with Crippen molar-refractivity contribution in [2.45, 2.75) is 45.1 Å². The van der Waals surface area contributed by atoms with Crippen LogP contribution in [0.5, 0.6) is 0 Å². The Bertz CT molecular complexity index is 794. The van der Waals surface area contributed by atoms with Gasteiger partial charge in [-0.3, -0.25) is 0 Å². The zero-order chi connectivity index (χ0) is 18.6. The third kappa shape index (κ3) is 4.00. The summed E-state index contributed by atoms with van der Waals surface area (Å²) in [6.45, 7) is 4.97. The second-order valence-corrected chi connectivity index (χ2v) is 7.41. The van der Waals surface area contributed by atoms with Gasteiger partial charge in [0.15, 0.2) is 0 Å². The van der Waals surface area contributed by atoms with Gasteiger partial charge in [-0.05, 0) is 43.4 Å². The van der Waals surface area contributed by atoms with Crippen LogP contribution in [-0.2, 0) is 17.6 Å². The summed E-state index contributed by atoms with van der Waals surface area (Å²) in [6, 6.07) is 9.00. The van der Waals surface area contributed by atoms with Crippen LogP contribution in [0.2, 0.25) is 0 Å². The molecule has 0 saturated carbocycles. The molecule has 0 aliphatic carbocycles. The van der Waals surface area contributed by atoms with Crippen molar-refractivity contribution in [3.05, 3.63) is 35.5 Å². The predicted octanol–water partition coefficient (Wildman–Crippen LogP) is 3.76. The first-order valence-electron chi connectivity index (χ1n) is 10.0. The second kappa shape index (κ2) is 8.13. The smallest absolute Gasteiger partial charge is 0.229 e. The van der Waals surface area contributed by atoms with Gasteiger partial charge in [0.2, 0.25) is 5.95 Å². The number of rotatable bonds is 7. The average Bonchev–Trinajstić information content (AvgIpc) is 3.31. The van der Waals surface area contributed by atoms with Crippen LogP contribution in [0, 0.1) is 0 Å². The molecule has 6 nitrogen and oxygen atoms in total. The lowest BCUT2D eigenvalue weighted by molar-refractivity contribution is 0.180. The van der Waals surface area contributed by atoms with Gasteiger partial charge in [-0.1, -0.05) is 19.4 Å². The molecule has 1 atom stereocenters. The van der Waals surface area contributed by atoms with Gasteiger partial charge in [0.05, 0.1) is 12.6 Å². The maximum atomic E-state index is 5.42. The SMILES string of the molecule is CCCc1cc(N2CCCC2COC)nc(Nc2ccc3c(c2)NCC3)n1. The third-order valence-corrected chi connectivity index (χ3v) is 5.38. The average molecular weight is 367 g/mol. The second-order valence-electron chi connectivity index (χ2n) is 7.41. The van der Waals surface area contributed by atoms with Gasteiger partial charge < -0.3 is 20.3 Å². The lowest BCUT2D eigenvalue weighted by atomic mass is 10.1. The number of benzene rings is 1. The summed E-state index contributed by atoms with van der Waals surface area (Å²) < 4.78 is 5.42. The summed E-state index contributed by atoms with van der Waals surface area (Å²) in [7, 11) is 1.77. The highest BCUT2D eigenvalue weighted by molar-refractivity contribution is 5.67. The van der Waals surface area contributed by atoms with E-state index in [9.17, 15) is 0 Å². The Balaban J connectivity index is 1.61. The molecule has 0 spiro atoms. The molecule has 144 valence electrons. The highest BCUT2D eigenvalue weighted by atomic mass is 16.5. The molecule has 2 aliphatic heterocycles. The molecule has 0 amide bonds. The molecule has 27 heavy (non-hydrogen) atoms. The molecule has 2 aliphatic rings. The number of nitrogens with zero attached hydrogens (tertiary/aromatic N) is 3. The molecule has 1 unspecified atom stereocenters. The monoisotopic (exact) mass is 367 g/mol. The van der Waals surface area contributed by atoms with E-state index in [1.165, 1.54) is 17.7 Å². The molecule has 4 rings (SSSR count).